The van der Waals surface area contributed by atoms with Crippen LogP contribution in [0, 0.1) is 0 Å². The Hall–Kier alpha value is -0.870. The van der Waals surface area contributed by atoms with E-state index in [2.05, 4.69) is 26.9 Å². The van der Waals surface area contributed by atoms with Gasteiger partial charge < -0.3 is 10.6 Å². The number of nitrogens with one attached hydrogen (secondary N) is 3. The Bertz CT molecular complexity index is 251. The van der Waals surface area contributed by atoms with Gasteiger partial charge in [0.25, 0.3) is 0 Å². The first-order chi connectivity index (χ1) is 5.90. The molecule has 12 heavy (non-hydrogen) atoms. The largest absolute Gasteiger partial charge is 0.315 e. The van der Waals surface area contributed by atoms with Gasteiger partial charge in [-0.25, -0.2) is 0 Å². The van der Waals surface area contributed by atoms with E-state index in [0.29, 0.717) is 5.92 Å². The topological polar surface area (TPSA) is 52.7 Å². The average Bonchev–Trinajstić information content (AvgIpc) is 2.34. The van der Waals surface area contributed by atoms with Gasteiger partial charge in [-0.2, -0.15) is 5.10 Å². The van der Waals surface area contributed by atoms with Crippen LogP contribution in [0.25, 0.3) is 0 Å². The van der Waals surface area contributed by atoms with Crippen molar-refractivity contribution in [2.24, 2.45) is 0 Å². The summed E-state index contributed by atoms with van der Waals surface area (Å²) in [5.74, 6) is 0.631. The Morgan fingerprint density at radius 3 is 3.08 bits per heavy atom. The molecule has 0 radical (unpaired) electrons. The Morgan fingerprint density at radius 1 is 1.67 bits per heavy atom. The van der Waals surface area contributed by atoms with Crippen LogP contribution < -0.4 is 10.6 Å². The maximum absolute atomic E-state index is 4.25. The van der Waals surface area contributed by atoms with E-state index < -0.39 is 0 Å². The summed E-state index contributed by atoms with van der Waals surface area (Å²) in [6, 6.07) is 2.14. The highest BCUT2D eigenvalue weighted by molar-refractivity contribution is 5.16. The molecule has 1 aliphatic rings. The molecule has 0 unspecified atom stereocenters. The van der Waals surface area contributed by atoms with Gasteiger partial charge in [-0.05, 0) is 13.1 Å². The Balaban J connectivity index is 2.02. The highest BCUT2D eigenvalue weighted by Gasteiger charge is 2.21. The van der Waals surface area contributed by atoms with Crippen LogP contribution in [-0.4, -0.2) is 30.3 Å². The fraction of sp³-hybridized carbons (Fsp3) is 0.625. The molecule has 3 N–H and O–H groups in total. The van der Waals surface area contributed by atoms with Crippen LogP contribution >= 0.6 is 0 Å². The Kier molecular flexibility index (Phi) is 2.10. The second-order valence-electron chi connectivity index (χ2n) is 3.20. The molecule has 0 spiro atoms. The third kappa shape index (κ3) is 1.35. The van der Waals surface area contributed by atoms with Crippen LogP contribution in [0.3, 0.4) is 0 Å². The molecule has 1 saturated heterocycles. The van der Waals surface area contributed by atoms with Gasteiger partial charge in [-0.3, -0.25) is 5.10 Å². The standard InChI is InChI=1S/C8H14N4/c1-9-5-7-2-8(12-11-7)6-3-10-4-6/h2,6,9-10H,3-5H2,1H3,(H,11,12). The molecular formula is C8H14N4. The molecule has 0 amide bonds. The summed E-state index contributed by atoms with van der Waals surface area (Å²) in [6.07, 6.45) is 0. The molecule has 1 fully saturated rings. The zero-order chi connectivity index (χ0) is 8.39. The van der Waals surface area contributed by atoms with Crippen molar-refractivity contribution in [2.45, 2.75) is 12.5 Å². The number of rotatable bonds is 3. The molecule has 0 atom stereocenters. The number of aromatic nitrogens is 2. The zero-order valence-corrected chi connectivity index (χ0v) is 7.22. The van der Waals surface area contributed by atoms with Crippen molar-refractivity contribution in [2.75, 3.05) is 20.1 Å². The van der Waals surface area contributed by atoms with E-state index in [9.17, 15) is 0 Å². The van der Waals surface area contributed by atoms with Crippen LogP contribution in [0.2, 0.25) is 0 Å². The van der Waals surface area contributed by atoms with Gasteiger partial charge in [0.2, 0.25) is 0 Å². The Labute approximate surface area is 71.7 Å². The van der Waals surface area contributed by atoms with E-state index >= 15 is 0 Å². The first kappa shape index (κ1) is 7.76. The van der Waals surface area contributed by atoms with Gasteiger partial charge in [-0.15, -0.1) is 0 Å². The molecular weight excluding hydrogens is 152 g/mol. The van der Waals surface area contributed by atoms with Crippen molar-refractivity contribution < 1.29 is 0 Å². The molecule has 0 saturated carbocycles. The van der Waals surface area contributed by atoms with Crippen molar-refractivity contribution in [3.8, 4) is 0 Å². The van der Waals surface area contributed by atoms with Crippen LogP contribution in [0.4, 0.5) is 0 Å². The van der Waals surface area contributed by atoms with Crippen LogP contribution in [-0.2, 0) is 6.54 Å². The van der Waals surface area contributed by atoms with Gasteiger partial charge in [0.05, 0.1) is 5.69 Å². The van der Waals surface area contributed by atoms with E-state index in [1.54, 1.807) is 0 Å². The minimum atomic E-state index is 0.631. The number of hydrogen-bond donors (Lipinski definition) is 3. The second kappa shape index (κ2) is 3.25. The Morgan fingerprint density at radius 2 is 2.50 bits per heavy atom. The summed E-state index contributed by atoms with van der Waals surface area (Å²) in [5, 5.41) is 13.6. The lowest BCUT2D eigenvalue weighted by Crippen LogP contribution is -2.40. The summed E-state index contributed by atoms with van der Waals surface area (Å²) < 4.78 is 0. The smallest absolute Gasteiger partial charge is 0.0681 e. The van der Waals surface area contributed by atoms with Crippen LogP contribution in [0.1, 0.15) is 17.3 Å². The van der Waals surface area contributed by atoms with Crippen molar-refractivity contribution in [1.29, 1.82) is 0 Å². The molecule has 4 nitrogen and oxygen atoms in total. The summed E-state index contributed by atoms with van der Waals surface area (Å²) in [7, 11) is 1.94. The lowest BCUT2D eigenvalue weighted by Gasteiger charge is -2.24. The molecule has 1 aromatic rings. The lowest BCUT2D eigenvalue weighted by atomic mass is 9.99. The van der Waals surface area contributed by atoms with Gasteiger partial charge in [0.1, 0.15) is 0 Å². The first-order valence-electron chi connectivity index (χ1n) is 4.29. The lowest BCUT2D eigenvalue weighted by molar-refractivity contribution is 0.439. The third-order valence-corrected chi connectivity index (χ3v) is 2.22. The molecule has 0 aliphatic carbocycles. The molecule has 66 valence electrons. The normalized spacial score (nSPS) is 17.8. The molecule has 2 rings (SSSR count). The van der Waals surface area contributed by atoms with E-state index in [0.717, 1.165) is 19.6 Å². The monoisotopic (exact) mass is 166 g/mol. The molecule has 0 bridgehead atoms. The van der Waals surface area contributed by atoms with Gasteiger partial charge >= 0.3 is 0 Å². The van der Waals surface area contributed by atoms with Gasteiger partial charge in [0.15, 0.2) is 0 Å². The fourth-order valence-corrected chi connectivity index (χ4v) is 1.37. The summed E-state index contributed by atoms with van der Waals surface area (Å²) in [6.45, 7) is 3.01. The number of H-pyrrole nitrogens is 1. The zero-order valence-electron chi connectivity index (χ0n) is 7.22. The molecule has 4 heteroatoms. The highest BCUT2D eigenvalue weighted by Crippen LogP contribution is 2.17. The number of aromatic amines is 1. The quantitative estimate of drug-likeness (QED) is 0.583. The van der Waals surface area contributed by atoms with E-state index in [-0.39, 0.29) is 0 Å². The maximum atomic E-state index is 4.25. The summed E-state index contributed by atoms with van der Waals surface area (Å²) in [4.78, 5) is 0. The highest BCUT2D eigenvalue weighted by atomic mass is 15.1. The van der Waals surface area contributed by atoms with Gasteiger partial charge in [-0.1, -0.05) is 0 Å². The molecule has 2 heterocycles. The van der Waals surface area contributed by atoms with Crippen LogP contribution in [0.15, 0.2) is 6.07 Å². The number of hydrogen-bond acceptors (Lipinski definition) is 3. The summed E-state index contributed by atoms with van der Waals surface area (Å²) in [5.41, 5.74) is 2.36. The van der Waals surface area contributed by atoms with Crippen molar-refractivity contribution in [1.82, 2.24) is 20.8 Å². The summed E-state index contributed by atoms with van der Waals surface area (Å²) >= 11 is 0. The fourth-order valence-electron chi connectivity index (χ4n) is 1.37. The number of nitrogens with zero attached hydrogens (tertiary/aromatic N) is 1. The van der Waals surface area contributed by atoms with E-state index in [4.69, 9.17) is 0 Å². The van der Waals surface area contributed by atoms with Crippen molar-refractivity contribution in [3.63, 3.8) is 0 Å². The average molecular weight is 166 g/mol. The predicted octanol–water partition coefficient (Wildman–Crippen LogP) is -0.184. The van der Waals surface area contributed by atoms with Crippen molar-refractivity contribution in [3.05, 3.63) is 17.5 Å². The first-order valence-corrected chi connectivity index (χ1v) is 4.29. The van der Waals surface area contributed by atoms with Crippen molar-refractivity contribution >= 4 is 0 Å². The third-order valence-electron chi connectivity index (χ3n) is 2.22. The predicted molar refractivity (Wildman–Crippen MR) is 47.0 cm³/mol. The molecule has 1 aliphatic heterocycles. The van der Waals surface area contributed by atoms with Gasteiger partial charge in [0, 0.05) is 31.2 Å². The second-order valence-corrected chi connectivity index (χ2v) is 3.20. The minimum absolute atomic E-state index is 0.631. The van der Waals surface area contributed by atoms with E-state index in [1.807, 2.05) is 7.05 Å². The SMILES string of the molecule is CNCc1cc(C2CNC2)n[nH]1. The maximum Gasteiger partial charge on any atom is 0.0681 e. The van der Waals surface area contributed by atoms with Crippen LogP contribution in [0.5, 0.6) is 0 Å². The molecule has 0 aromatic carbocycles. The van der Waals surface area contributed by atoms with E-state index in [1.165, 1.54) is 11.4 Å². The minimum Gasteiger partial charge on any atom is -0.315 e. The molecule has 1 aromatic heterocycles.